The van der Waals surface area contributed by atoms with E-state index in [0.717, 1.165) is 0 Å². The SMILES string of the molecule is NCc1ccccc1OP1(Oc2ccccc2)=NP(Oc2ccccc2)(Oc2ccccc2CN)=NP(Oc2ccccc2)(Oc2ccccc2CN)=N1. The lowest BCUT2D eigenvalue weighted by molar-refractivity contribution is 0.440. The first-order chi connectivity index (χ1) is 26.4. The van der Waals surface area contributed by atoms with Gasteiger partial charge in [0.2, 0.25) is 0 Å². The third-order valence-corrected chi connectivity index (χ3v) is 15.9. The molecule has 6 N–H and O–H groups in total. The zero-order valence-corrected chi connectivity index (χ0v) is 31.8. The van der Waals surface area contributed by atoms with E-state index in [-0.39, 0.29) is 19.6 Å². The molecule has 0 aromatic heterocycles. The lowest BCUT2D eigenvalue weighted by Crippen LogP contribution is -2.13. The molecular weight excluding hydrogens is 741 g/mol. The molecule has 0 saturated carbocycles. The second-order valence-corrected chi connectivity index (χ2v) is 17.8. The summed E-state index contributed by atoms with van der Waals surface area (Å²) < 4.78 is 57.2. The van der Waals surface area contributed by atoms with Gasteiger partial charge >= 0.3 is 23.0 Å². The van der Waals surface area contributed by atoms with Crippen molar-refractivity contribution in [2.45, 2.75) is 19.6 Å². The number of para-hydroxylation sites is 6. The van der Waals surface area contributed by atoms with Gasteiger partial charge in [0.1, 0.15) is 34.5 Å². The fourth-order valence-electron chi connectivity index (χ4n) is 5.28. The van der Waals surface area contributed by atoms with Gasteiger partial charge in [-0.25, -0.2) is 0 Å². The first kappa shape index (κ1) is 37.0. The molecule has 15 heteroatoms. The average Bonchev–Trinajstić information content (AvgIpc) is 3.19. The van der Waals surface area contributed by atoms with Gasteiger partial charge in [-0.15, -0.1) is 0 Å². The summed E-state index contributed by atoms with van der Waals surface area (Å²) in [6, 6.07) is 49.3. The van der Waals surface area contributed by atoms with Gasteiger partial charge in [0.05, 0.1) is 0 Å². The molecule has 0 atom stereocenters. The Labute approximate surface area is 314 Å². The summed E-state index contributed by atoms with van der Waals surface area (Å²) in [6.45, 7) is 0.483. The molecule has 0 saturated heterocycles. The van der Waals surface area contributed by atoms with Crippen LogP contribution in [0.25, 0.3) is 0 Å². The quantitative estimate of drug-likeness (QED) is 0.0858. The van der Waals surface area contributed by atoms with Crippen molar-refractivity contribution in [3.63, 3.8) is 0 Å². The minimum Gasteiger partial charge on any atom is -0.413 e. The Bertz CT molecular complexity index is 2090. The topological polar surface area (TPSA) is 171 Å². The van der Waals surface area contributed by atoms with E-state index >= 15 is 0 Å². The van der Waals surface area contributed by atoms with Crippen molar-refractivity contribution >= 4 is 23.0 Å². The molecule has 0 unspecified atom stereocenters. The smallest absolute Gasteiger partial charge is 0.413 e. The fraction of sp³-hybridized carbons (Fsp3) is 0.0769. The van der Waals surface area contributed by atoms with Crippen molar-refractivity contribution in [1.29, 1.82) is 0 Å². The number of rotatable bonds is 15. The Balaban J connectivity index is 1.60. The maximum atomic E-state index is 6.95. The Morgan fingerprint density at radius 3 is 0.815 bits per heavy atom. The molecule has 1 aliphatic rings. The van der Waals surface area contributed by atoms with Gasteiger partial charge in [0.15, 0.2) is 0 Å². The van der Waals surface area contributed by atoms with Crippen molar-refractivity contribution in [2.75, 3.05) is 0 Å². The number of nitrogens with zero attached hydrogens (tertiary/aromatic N) is 3. The van der Waals surface area contributed by atoms with Crippen LogP contribution in [0.15, 0.2) is 177 Å². The summed E-state index contributed by atoms with van der Waals surface area (Å²) in [5.41, 5.74) is 20.8. The van der Waals surface area contributed by atoms with Crippen LogP contribution in [0.3, 0.4) is 0 Å². The van der Waals surface area contributed by atoms with Crippen LogP contribution >= 0.6 is 23.0 Å². The van der Waals surface area contributed by atoms with E-state index in [0.29, 0.717) is 51.2 Å². The van der Waals surface area contributed by atoms with E-state index in [1.165, 1.54) is 0 Å². The molecular formula is C39H39N6O6P3. The molecule has 7 rings (SSSR count). The van der Waals surface area contributed by atoms with Crippen LogP contribution in [-0.2, 0) is 19.6 Å². The lowest BCUT2D eigenvalue weighted by Gasteiger charge is -2.33. The minimum atomic E-state index is -4.08. The lowest BCUT2D eigenvalue weighted by atomic mass is 10.2. The summed E-state index contributed by atoms with van der Waals surface area (Å²) in [6.07, 6.45) is 0. The van der Waals surface area contributed by atoms with Crippen molar-refractivity contribution in [3.8, 4) is 34.5 Å². The van der Waals surface area contributed by atoms with Crippen LogP contribution in [-0.4, -0.2) is 0 Å². The standard InChI is InChI=1S/C39H39N6O6P3/c40-28-31-16-10-13-25-37(31)49-52(46-34-19-4-1-5-20-34)43-53(47-35-21-6-2-7-22-35,50-38-26-14-11-17-32(38)29-41)45-54(44-52,48-36-23-8-3-9-24-36)51-39-27-15-12-18-33(39)30-42/h1-27H,28-30,40-42H2. The molecule has 54 heavy (non-hydrogen) atoms. The van der Waals surface area contributed by atoms with E-state index in [1.807, 2.05) is 109 Å². The van der Waals surface area contributed by atoms with Crippen LogP contribution in [0.1, 0.15) is 16.7 Å². The molecule has 0 aliphatic carbocycles. The van der Waals surface area contributed by atoms with Crippen LogP contribution in [0.4, 0.5) is 0 Å². The molecule has 6 aromatic carbocycles. The number of benzene rings is 6. The van der Waals surface area contributed by atoms with Crippen molar-refractivity contribution in [1.82, 2.24) is 0 Å². The van der Waals surface area contributed by atoms with Gasteiger partial charge in [0.25, 0.3) is 0 Å². The highest BCUT2D eigenvalue weighted by Crippen LogP contribution is 2.78. The number of hydrogen-bond donors (Lipinski definition) is 3. The predicted molar refractivity (Wildman–Crippen MR) is 214 cm³/mol. The third kappa shape index (κ3) is 8.73. The zero-order valence-electron chi connectivity index (χ0n) is 29.1. The predicted octanol–water partition coefficient (Wildman–Crippen LogP) is 10.7. The molecule has 0 radical (unpaired) electrons. The highest BCUT2D eigenvalue weighted by Gasteiger charge is 2.49. The maximum Gasteiger partial charge on any atom is 0.460 e. The average molecular weight is 781 g/mol. The van der Waals surface area contributed by atoms with Crippen molar-refractivity contribution < 1.29 is 27.1 Å². The van der Waals surface area contributed by atoms with Gasteiger partial charge in [-0.3, -0.25) is 0 Å². The Kier molecular flexibility index (Phi) is 11.5. The van der Waals surface area contributed by atoms with E-state index in [4.69, 9.17) is 57.9 Å². The second kappa shape index (κ2) is 16.8. The molecule has 0 fully saturated rings. The van der Waals surface area contributed by atoms with Crippen LogP contribution < -0.4 is 44.3 Å². The first-order valence-electron chi connectivity index (χ1n) is 17.0. The van der Waals surface area contributed by atoms with Crippen LogP contribution in [0, 0.1) is 0 Å². The molecule has 276 valence electrons. The summed E-state index contributed by atoms with van der Waals surface area (Å²) in [4.78, 5) is 0. The summed E-state index contributed by atoms with van der Waals surface area (Å²) in [7, 11) is -12.2. The Hall–Kier alpha value is -5.31. The van der Waals surface area contributed by atoms with Gasteiger partial charge in [0, 0.05) is 36.3 Å². The fourth-order valence-corrected chi connectivity index (χ4v) is 14.5. The number of nitrogens with two attached hydrogens (primary N) is 3. The van der Waals surface area contributed by atoms with Crippen LogP contribution in [0.2, 0.25) is 0 Å². The maximum absolute atomic E-state index is 6.95. The monoisotopic (exact) mass is 780 g/mol. The molecule has 0 bridgehead atoms. The van der Waals surface area contributed by atoms with Crippen molar-refractivity contribution in [2.24, 2.45) is 30.7 Å². The molecule has 1 aliphatic heterocycles. The summed E-state index contributed by atoms with van der Waals surface area (Å²) in [5, 5.41) is 0. The van der Waals surface area contributed by atoms with Gasteiger partial charge in [-0.1, -0.05) is 123 Å². The zero-order chi connectivity index (χ0) is 37.3. The third-order valence-electron chi connectivity index (χ3n) is 7.81. The number of hydrogen-bond acceptors (Lipinski definition) is 12. The molecule has 0 spiro atoms. The largest absolute Gasteiger partial charge is 0.460 e. The first-order valence-corrected chi connectivity index (χ1v) is 21.6. The normalized spacial score (nSPS) is 20.3. The molecule has 1 heterocycles. The summed E-state index contributed by atoms with van der Waals surface area (Å²) >= 11 is 0. The molecule has 6 aromatic rings. The Morgan fingerprint density at radius 2 is 0.556 bits per heavy atom. The summed E-state index contributed by atoms with van der Waals surface area (Å²) in [5.74, 6) is 2.39. The van der Waals surface area contributed by atoms with Gasteiger partial charge in [-0.2, -0.15) is 0 Å². The second-order valence-electron chi connectivity index (χ2n) is 11.7. The van der Waals surface area contributed by atoms with Crippen molar-refractivity contribution in [3.05, 3.63) is 180 Å². The minimum absolute atomic E-state index is 0.161. The Morgan fingerprint density at radius 1 is 0.315 bits per heavy atom. The highest BCUT2D eigenvalue weighted by molar-refractivity contribution is 7.79. The van der Waals surface area contributed by atoms with Gasteiger partial charge in [-0.05, 0) is 54.6 Å². The molecule has 12 nitrogen and oxygen atoms in total. The van der Waals surface area contributed by atoms with Gasteiger partial charge < -0.3 is 44.3 Å². The van der Waals surface area contributed by atoms with E-state index < -0.39 is 23.0 Å². The van der Waals surface area contributed by atoms with E-state index in [9.17, 15) is 0 Å². The van der Waals surface area contributed by atoms with E-state index in [2.05, 4.69) is 0 Å². The van der Waals surface area contributed by atoms with Crippen LogP contribution in [0.5, 0.6) is 34.5 Å². The highest BCUT2D eigenvalue weighted by atomic mass is 31.3. The van der Waals surface area contributed by atoms with E-state index in [1.54, 1.807) is 54.6 Å². The molecule has 0 amide bonds.